The summed E-state index contributed by atoms with van der Waals surface area (Å²) >= 11 is 0. The minimum atomic E-state index is 0.653. The van der Waals surface area contributed by atoms with Crippen molar-refractivity contribution in [2.24, 2.45) is 5.92 Å². The number of aryl methyl sites for hydroxylation is 2. The van der Waals surface area contributed by atoms with Gasteiger partial charge in [0.2, 0.25) is 0 Å². The number of aromatic nitrogens is 1. The average Bonchev–Trinajstić information content (AvgIpc) is 3.08. The van der Waals surface area contributed by atoms with Crippen LogP contribution in [0.4, 0.5) is 5.82 Å². The molecule has 3 nitrogen and oxygen atoms in total. The van der Waals surface area contributed by atoms with Gasteiger partial charge in [-0.2, -0.15) is 0 Å². The molecule has 2 rings (SSSR count). The van der Waals surface area contributed by atoms with Gasteiger partial charge in [-0.05, 0) is 56.7 Å². The fraction of sp³-hybridized carbons (Fsp3) is 0.615. The third-order valence-corrected chi connectivity index (χ3v) is 3.42. The molecule has 0 bridgehead atoms. The Labute approximate surface area is 97.5 Å². The first-order valence-corrected chi connectivity index (χ1v) is 6.09. The van der Waals surface area contributed by atoms with E-state index in [1.165, 1.54) is 24.0 Å². The van der Waals surface area contributed by atoms with E-state index < -0.39 is 0 Å². The van der Waals surface area contributed by atoms with Crippen molar-refractivity contribution in [2.75, 3.05) is 12.8 Å². The first kappa shape index (κ1) is 11.4. The lowest BCUT2D eigenvalue weighted by Gasteiger charge is -2.15. The largest absolute Gasteiger partial charge is 0.383 e. The number of rotatable bonds is 5. The molecule has 3 heteroatoms. The molecule has 16 heavy (non-hydrogen) atoms. The van der Waals surface area contributed by atoms with Crippen LogP contribution in [0.2, 0.25) is 0 Å². The van der Waals surface area contributed by atoms with Crippen LogP contribution in [-0.4, -0.2) is 18.1 Å². The van der Waals surface area contributed by atoms with E-state index in [2.05, 4.69) is 30.3 Å². The predicted octanol–water partition coefficient (Wildman–Crippen LogP) is 1.90. The molecule has 1 aliphatic rings. The first-order valence-electron chi connectivity index (χ1n) is 6.09. The smallest absolute Gasteiger partial charge is 0.126 e. The summed E-state index contributed by atoms with van der Waals surface area (Å²) in [5, 5.41) is 3.41. The maximum absolute atomic E-state index is 5.88. The van der Waals surface area contributed by atoms with Crippen LogP contribution in [0.3, 0.4) is 0 Å². The molecule has 88 valence electrons. The molecule has 1 aliphatic carbocycles. The molecule has 0 radical (unpaired) electrons. The Morgan fingerprint density at radius 2 is 2.31 bits per heavy atom. The van der Waals surface area contributed by atoms with E-state index in [9.17, 15) is 0 Å². The molecule has 0 amide bonds. The Hall–Kier alpha value is -1.09. The minimum absolute atomic E-state index is 0.653. The van der Waals surface area contributed by atoms with Gasteiger partial charge in [0.15, 0.2) is 0 Å². The molecular weight excluding hydrogens is 198 g/mol. The van der Waals surface area contributed by atoms with Gasteiger partial charge in [-0.25, -0.2) is 4.98 Å². The Bertz CT molecular complexity index is 358. The molecule has 1 aromatic rings. The summed E-state index contributed by atoms with van der Waals surface area (Å²) < 4.78 is 0. The number of hydrogen-bond acceptors (Lipinski definition) is 3. The highest BCUT2D eigenvalue weighted by molar-refractivity contribution is 5.40. The Balaban J connectivity index is 1.95. The highest BCUT2D eigenvalue weighted by atomic mass is 14.9. The second-order valence-electron chi connectivity index (χ2n) is 4.83. The Kier molecular flexibility index (Phi) is 3.44. The lowest BCUT2D eigenvalue weighted by molar-refractivity contribution is 0.470. The molecule has 1 atom stereocenters. The monoisotopic (exact) mass is 219 g/mol. The summed E-state index contributed by atoms with van der Waals surface area (Å²) in [6.07, 6.45) is 6.79. The fourth-order valence-corrected chi connectivity index (χ4v) is 2.27. The lowest BCUT2D eigenvalue weighted by atomic mass is 10.0. The topological polar surface area (TPSA) is 50.9 Å². The van der Waals surface area contributed by atoms with Crippen molar-refractivity contribution in [1.82, 2.24) is 10.3 Å². The summed E-state index contributed by atoms with van der Waals surface area (Å²) in [6, 6.07) is 2.81. The Morgan fingerprint density at radius 3 is 2.94 bits per heavy atom. The summed E-state index contributed by atoms with van der Waals surface area (Å²) in [7, 11) is 2.06. The van der Waals surface area contributed by atoms with Crippen LogP contribution in [0, 0.1) is 12.8 Å². The molecule has 1 heterocycles. The van der Waals surface area contributed by atoms with Gasteiger partial charge in [-0.3, -0.25) is 0 Å². The van der Waals surface area contributed by atoms with E-state index in [1.807, 2.05) is 6.20 Å². The summed E-state index contributed by atoms with van der Waals surface area (Å²) in [5.41, 5.74) is 8.26. The molecule has 3 N–H and O–H groups in total. The van der Waals surface area contributed by atoms with Crippen molar-refractivity contribution >= 4 is 5.82 Å². The van der Waals surface area contributed by atoms with E-state index in [4.69, 9.17) is 5.73 Å². The molecule has 1 aromatic heterocycles. The fourth-order valence-electron chi connectivity index (χ4n) is 2.27. The molecule has 0 aliphatic heterocycles. The predicted molar refractivity (Wildman–Crippen MR) is 67.3 cm³/mol. The van der Waals surface area contributed by atoms with Crippen LogP contribution in [-0.2, 0) is 6.42 Å². The van der Waals surface area contributed by atoms with Crippen molar-refractivity contribution in [3.05, 3.63) is 23.4 Å². The van der Waals surface area contributed by atoms with Gasteiger partial charge in [0.1, 0.15) is 5.82 Å². The summed E-state index contributed by atoms with van der Waals surface area (Å²) in [4.78, 5) is 4.20. The SMILES string of the molecule is CNC(CCc1cc(C)cnc1N)C1CC1. The van der Waals surface area contributed by atoms with E-state index >= 15 is 0 Å². The van der Waals surface area contributed by atoms with Crippen molar-refractivity contribution in [1.29, 1.82) is 0 Å². The molecule has 1 fully saturated rings. The van der Waals surface area contributed by atoms with E-state index in [0.717, 1.165) is 18.8 Å². The van der Waals surface area contributed by atoms with Crippen LogP contribution in [0.25, 0.3) is 0 Å². The normalized spacial score (nSPS) is 17.4. The molecule has 0 spiro atoms. The Morgan fingerprint density at radius 1 is 1.56 bits per heavy atom. The maximum atomic E-state index is 5.88. The third kappa shape index (κ3) is 2.73. The van der Waals surface area contributed by atoms with Gasteiger partial charge in [-0.1, -0.05) is 6.07 Å². The van der Waals surface area contributed by atoms with Gasteiger partial charge < -0.3 is 11.1 Å². The number of hydrogen-bond donors (Lipinski definition) is 2. The van der Waals surface area contributed by atoms with E-state index in [-0.39, 0.29) is 0 Å². The first-order chi connectivity index (χ1) is 7.70. The number of nitrogen functional groups attached to an aromatic ring is 1. The van der Waals surface area contributed by atoms with Crippen LogP contribution in [0.1, 0.15) is 30.4 Å². The highest BCUT2D eigenvalue weighted by Gasteiger charge is 2.29. The number of nitrogens with zero attached hydrogens (tertiary/aromatic N) is 1. The van der Waals surface area contributed by atoms with Gasteiger partial charge in [0.25, 0.3) is 0 Å². The van der Waals surface area contributed by atoms with Crippen LogP contribution in [0.5, 0.6) is 0 Å². The quantitative estimate of drug-likeness (QED) is 0.795. The van der Waals surface area contributed by atoms with Gasteiger partial charge >= 0.3 is 0 Å². The standard InChI is InChI=1S/C13H21N3/c1-9-7-11(13(14)16-8-9)5-6-12(15-2)10-3-4-10/h7-8,10,12,15H,3-6H2,1-2H3,(H2,14,16). The summed E-state index contributed by atoms with van der Waals surface area (Å²) in [5.74, 6) is 1.58. The zero-order chi connectivity index (χ0) is 11.5. The third-order valence-electron chi connectivity index (χ3n) is 3.42. The van der Waals surface area contributed by atoms with Crippen molar-refractivity contribution in [3.63, 3.8) is 0 Å². The van der Waals surface area contributed by atoms with Crippen LogP contribution < -0.4 is 11.1 Å². The van der Waals surface area contributed by atoms with Crippen molar-refractivity contribution in [3.8, 4) is 0 Å². The zero-order valence-corrected chi connectivity index (χ0v) is 10.2. The highest BCUT2D eigenvalue weighted by Crippen LogP contribution is 2.34. The minimum Gasteiger partial charge on any atom is -0.383 e. The second kappa shape index (κ2) is 4.83. The van der Waals surface area contributed by atoms with Gasteiger partial charge in [0.05, 0.1) is 0 Å². The lowest BCUT2D eigenvalue weighted by Crippen LogP contribution is -2.27. The van der Waals surface area contributed by atoms with E-state index in [1.54, 1.807) is 0 Å². The molecule has 1 saturated carbocycles. The van der Waals surface area contributed by atoms with Gasteiger partial charge in [0, 0.05) is 12.2 Å². The molecule has 0 aromatic carbocycles. The summed E-state index contributed by atoms with van der Waals surface area (Å²) in [6.45, 7) is 2.06. The van der Waals surface area contributed by atoms with Crippen LogP contribution in [0.15, 0.2) is 12.3 Å². The van der Waals surface area contributed by atoms with Crippen molar-refractivity contribution in [2.45, 2.75) is 38.6 Å². The number of anilines is 1. The van der Waals surface area contributed by atoms with Crippen molar-refractivity contribution < 1.29 is 0 Å². The molecule has 0 saturated heterocycles. The number of nitrogens with one attached hydrogen (secondary N) is 1. The average molecular weight is 219 g/mol. The van der Waals surface area contributed by atoms with Crippen LogP contribution >= 0.6 is 0 Å². The number of pyridine rings is 1. The molecular formula is C13H21N3. The van der Waals surface area contributed by atoms with E-state index in [0.29, 0.717) is 11.9 Å². The maximum Gasteiger partial charge on any atom is 0.126 e. The number of nitrogens with two attached hydrogens (primary N) is 1. The second-order valence-corrected chi connectivity index (χ2v) is 4.83. The molecule has 1 unspecified atom stereocenters. The van der Waals surface area contributed by atoms with Gasteiger partial charge in [-0.15, -0.1) is 0 Å². The zero-order valence-electron chi connectivity index (χ0n) is 10.2.